The molecule has 0 radical (unpaired) electrons. The first-order chi connectivity index (χ1) is 10.1. The Morgan fingerprint density at radius 3 is 2.52 bits per heavy atom. The zero-order valence-corrected chi connectivity index (χ0v) is 11.5. The highest BCUT2D eigenvalue weighted by Crippen LogP contribution is 2.21. The molecule has 0 bridgehead atoms. The van der Waals surface area contributed by atoms with Crippen molar-refractivity contribution in [1.82, 2.24) is 0 Å². The van der Waals surface area contributed by atoms with E-state index in [0.29, 0.717) is 23.7 Å². The molecule has 2 rings (SSSR count). The van der Waals surface area contributed by atoms with Gasteiger partial charge in [-0.2, -0.15) is 0 Å². The van der Waals surface area contributed by atoms with E-state index in [1.54, 1.807) is 18.2 Å². The van der Waals surface area contributed by atoms with E-state index in [-0.39, 0.29) is 12.2 Å². The lowest BCUT2D eigenvalue weighted by Gasteiger charge is -2.09. The Labute approximate surface area is 121 Å². The lowest BCUT2D eigenvalue weighted by atomic mass is 10.1. The molecular formula is C16H15FO4. The Morgan fingerprint density at radius 2 is 1.86 bits per heavy atom. The van der Waals surface area contributed by atoms with Crippen molar-refractivity contribution in [2.45, 2.75) is 13.5 Å². The summed E-state index contributed by atoms with van der Waals surface area (Å²) in [4.78, 5) is 10.9. The van der Waals surface area contributed by atoms with Gasteiger partial charge in [-0.3, -0.25) is 0 Å². The summed E-state index contributed by atoms with van der Waals surface area (Å²) in [5.74, 6) is -0.764. The molecule has 0 atom stereocenters. The molecule has 2 aromatic carbocycles. The fourth-order valence-corrected chi connectivity index (χ4v) is 1.81. The molecule has 0 aliphatic rings. The third-order valence-corrected chi connectivity index (χ3v) is 2.78. The number of aromatic carboxylic acids is 1. The molecule has 0 aliphatic carbocycles. The van der Waals surface area contributed by atoms with Gasteiger partial charge < -0.3 is 14.6 Å². The fourth-order valence-electron chi connectivity index (χ4n) is 1.81. The summed E-state index contributed by atoms with van der Waals surface area (Å²) in [5.41, 5.74) is 0.217. The average molecular weight is 290 g/mol. The number of hydrogen-bond acceptors (Lipinski definition) is 3. The Morgan fingerprint density at radius 1 is 1.14 bits per heavy atom. The van der Waals surface area contributed by atoms with Crippen LogP contribution in [0.15, 0.2) is 42.5 Å². The second kappa shape index (κ2) is 6.74. The molecule has 4 nitrogen and oxygen atoms in total. The molecule has 21 heavy (non-hydrogen) atoms. The summed E-state index contributed by atoms with van der Waals surface area (Å²) in [5, 5.41) is 8.87. The molecule has 0 unspecified atom stereocenters. The van der Waals surface area contributed by atoms with Crippen molar-refractivity contribution < 1.29 is 23.8 Å². The zero-order chi connectivity index (χ0) is 15.2. The highest BCUT2D eigenvalue weighted by atomic mass is 19.1. The molecule has 2 aromatic rings. The van der Waals surface area contributed by atoms with Gasteiger partial charge in [-0.1, -0.05) is 12.1 Å². The van der Waals surface area contributed by atoms with E-state index in [1.165, 1.54) is 12.1 Å². The van der Waals surface area contributed by atoms with E-state index in [4.69, 9.17) is 14.6 Å². The van der Waals surface area contributed by atoms with Crippen molar-refractivity contribution in [1.29, 1.82) is 0 Å². The second-order valence-corrected chi connectivity index (χ2v) is 4.32. The van der Waals surface area contributed by atoms with Crippen molar-refractivity contribution in [3.05, 3.63) is 59.4 Å². The molecule has 0 amide bonds. The van der Waals surface area contributed by atoms with E-state index in [9.17, 15) is 9.18 Å². The highest BCUT2D eigenvalue weighted by Gasteiger charge is 2.11. The van der Waals surface area contributed by atoms with Gasteiger partial charge in [0.2, 0.25) is 0 Å². The minimum absolute atomic E-state index is 0.149. The summed E-state index contributed by atoms with van der Waals surface area (Å²) >= 11 is 0. The standard InChI is InChI=1S/C16H15FO4/c1-2-20-12-4-3-5-13(9-12)21-10-11-6-7-15(17)14(8-11)16(18)19/h3-9H,2,10H2,1H3,(H,18,19). The minimum Gasteiger partial charge on any atom is -0.494 e. The third kappa shape index (κ3) is 3.95. The van der Waals surface area contributed by atoms with Gasteiger partial charge in [0.25, 0.3) is 0 Å². The number of benzene rings is 2. The van der Waals surface area contributed by atoms with Gasteiger partial charge in [0.15, 0.2) is 0 Å². The molecule has 0 aromatic heterocycles. The zero-order valence-electron chi connectivity index (χ0n) is 11.5. The molecule has 0 aliphatic heterocycles. The first kappa shape index (κ1) is 14.8. The van der Waals surface area contributed by atoms with Crippen molar-refractivity contribution in [3.8, 4) is 11.5 Å². The van der Waals surface area contributed by atoms with Gasteiger partial charge >= 0.3 is 5.97 Å². The first-order valence-corrected chi connectivity index (χ1v) is 6.47. The summed E-state index contributed by atoms with van der Waals surface area (Å²) in [7, 11) is 0. The maximum Gasteiger partial charge on any atom is 0.338 e. The lowest BCUT2D eigenvalue weighted by molar-refractivity contribution is 0.0691. The van der Waals surface area contributed by atoms with Gasteiger partial charge in [0.1, 0.15) is 23.9 Å². The number of ether oxygens (including phenoxy) is 2. The Hall–Kier alpha value is -2.56. The number of carbonyl (C=O) groups is 1. The summed E-state index contributed by atoms with van der Waals surface area (Å²) in [6.07, 6.45) is 0. The first-order valence-electron chi connectivity index (χ1n) is 6.47. The van der Waals surface area contributed by atoms with Crippen LogP contribution in [0.2, 0.25) is 0 Å². The molecule has 5 heteroatoms. The molecule has 0 heterocycles. The molecular weight excluding hydrogens is 275 g/mol. The van der Waals surface area contributed by atoms with Crippen LogP contribution in [0.3, 0.4) is 0 Å². The number of halogens is 1. The van der Waals surface area contributed by atoms with Crippen LogP contribution in [-0.4, -0.2) is 17.7 Å². The summed E-state index contributed by atoms with van der Waals surface area (Å²) in [6, 6.07) is 11.0. The van der Waals surface area contributed by atoms with Gasteiger partial charge in [-0.25, -0.2) is 9.18 Å². The quantitative estimate of drug-likeness (QED) is 0.884. The summed E-state index contributed by atoms with van der Waals surface area (Å²) < 4.78 is 24.2. The number of carboxylic acid groups (broad SMARTS) is 1. The molecule has 0 spiro atoms. The van der Waals surface area contributed by atoms with E-state index in [2.05, 4.69) is 0 Å². The fraction of sp³-hybridized carbons (Fsp3) is 0.188. The minimum atomic E-state index is -1.30. The Bertz CT molecular complexity index is 640. The maximum absolute atomic E-state index is 13.3. The van der Waals surface area contributed by atoms with Crippen LogP contribution < -0.4 is 9.47 Å². The molecule has 0 saturated carbocycles. The van der Waals surface area contributed by atoms with E-state index in [0.717, 1.165) is 6.07 Å². The average Bonchev–Trinajstić information content (AvgIpc) is 2.47. The highest BCUT2D eigenvalue weighted by molar-refractivity contribution is 5.88. The summed E-state index contributed by atoms with van der Waals surface area (Å²) in [6.45, 7) is 2.60. The van der Waals surface area contributed by atoms with Crippen molar-refractivity contribution >= 4 is 5.97 Å². The second-order valence-electron chi connectivity index (χ2n) is 4.32. The predicted molar refractivity (Wildman–Crippen MR) is 75.3 cm³/mol. The van der Waals surface area contributed by atoms with Crippen molar-refractivity contribution in [3.63, 3.8) is 0 Å². The molecule has 1 N–H and O–H groups in total. The number of rotatable bonds is 6. The Balaban J connectivity index is 2.07. The van der Waals surface area contributed by atoms with Gasteiger partial charge in [0.05, 0.1) is 12.2 Å². The Kier molecular flexibility index (Phi) is 4.77. The maximum atomic E-state index is 13.3. The van der Waals surface area contributed by atoms with Crippen molar-refractivity contribution in [2.75, 3.05) is 6.61 Å². The van der Waals surface area contributed by atoms with Crippen LogP contribution in [-0.2, 0) is 6.61 Å². The van der Waals surface area contributed by atoms with E-state index >= 15 is 0 Å². The van der Waals surface area contributed by atoms with Crippen molar-refractivity contribution in [2.24, 2.45) is 0 Å². The largest absolute Gasteiger partial charge is 0.494 e. The van der Waals surface area contributed by atoms with Gasteiger partial charge in [-0.05, 0) is 36.8 Å². The predicted octanol–water partition coefficient (Wildman–Crippen LogP) is 3.50. The molecule has 110 valence electrons. The van der Waals surface area contributed by atoms with Crippen LogP contribution in [0.4, 0.5) is 4.39 Å². The van der Waals surface area contributed by atoms with E-state index in [1.807, 2.05) is 13.0 Å². The topological polar surface area (TPSA) is 55.8 Å². The molecule has 0 saturated heterocycles. The monoisotopic (exact) mass is 290 g/mol. The van der Waals surface area contributed by atoms with Crippen LogP contribution in [0, 0.1) is 5.82 Å². The van der Waals surface area contributed by atoms with Gasteiger partial charge in [0, 0.05) is 6.07 Å². The number of hydrogen-bond donors (Lipinski definition) is 1. The lowest BCUT2D eigenvalue weighted by Crippen LogP contribution is -2.03. The van der Waals surface area contributed by atoms with Crippen LogP contribution in [0.1, 0.15) is 22.8 Å². The van der Waals surface area contributed by atoms with Crippen LogP contribution >= 0.6 is 0 Å². The van der Waals surface area contributed by atoms with Gasteiger partial charge in [-0.15, -0.1) is 0 Å². The van der Waals surface area contributed by atoms with Crippen LogP contribution in [0.5, 0.6) is 11.5 Å². The van der Waals surface area contributed by atoms with E-state index < -0.39 is 11.8 Å². The normalized spacial score (nSPS) is 10.2. The number of carboxylic acids is 1. The smallest absolute Gasteiger partial charge is 0.338 e. The van der Waals surface area contributed by atoms with Crippen LogP contribution in [0.25, 0.3) is 0 Å². The molecule has 0 fully saturated rings. The SMILES string of the molecule is CCOc1cccc(OCc2ccc(F)c(C(=O)O)c2)c1. The third-order valence-electron chi connectivity index (χ3n) is 2.78.